The number of nitrogens with one attached hydrogen (secondary N) is 1. The molecule has 22 heavy (non-hydrogen) atoms. The Kier molecular flexibility index (Phi) is 4.80. The van der Waals surface area contributed by atoms with Crippen molar-refractivity contribution in [3.8, 4) is 0 Å². The van der Waals surface area contributed by atoms with Gasteiger partial charge in [0.25, 0.3) is 14.3 Å². The summed E-state index contributed by atoms with van der Waals surface area (Å²) in [7, 11) is -1.98. The summed E-state index contributed by atoms with van der Waals surface area (Å²) in [6.07, 6.45) is 4.27. The van der Waals surface area contributed by atoms with E-state index in [2.05, 4.69) is 51.0 Å². The molecule has 0 aliphatic rings. The number of aryl methyl sites for hydroxylation is 1. The molecule has 0 atom stereocenters. The molecule has 0 radical (unpaired) electrons. The van der Waals surface area contributed by atoms with E-state index in [9.17, 15) is 4.79 Å². The van der Waals surface area contributed by atoms with E-state index in [4.69, 9.17) is 4.43 Å². The van der Waals surface area contributed by atoms with Gasteiger partial charge in [-0.3, -0.25) is 4.79 Å². The number of aromatic nitrogens is 1. The number of fused-ring (bicyclic) bond motifs is 1. The number of H-pyrrole nitrogens is 1. The standard InChI is InChI=1S/C18H27NO2Si/c1-18(2,3)22(4,5)21-17(20)12-8-9-14-13-19-16-11-7-6-10-15(14)16/h6-7,10-11,13,19H,8-9,12H2,1-5H3. The molecule has 0 aliphatic heterocycles. The molecule has 2 rings (SSSR count). The summed E-state index contributed by atoms with van der Waals surface area (Å²) in [5.74, 6) is -0.0496. The zero-order chi connectivity index (χ0) is 16.4. The third-order valence-corrected chi connectivity index (χ3v) is 9.03. The van der Waals surface area contributed by atoms with Crippen molar-refractivity contribution >= 4 is 25.2 Å². The number of benzene rings is 1. The topological polar surface area (TPSA) is 42.1 Å². The van der Waals surface area contributed by atoms with Crippen LogP contribution in [0.5, 0.6) is 0 Å². The van der Waals surface area contributed by atoms with Crippen LogP contribution in [0.1, 0.15) is 39.2 Å². The molecule has 0 aliphatic carbocycles. The van der Waals surface area contributed by atoms with Gasteiger partial charge >= 0.3 is 0 Å². The van der Waals surface area contributed by atoms with E-state index in [1.54, 1.807) is 0 Å². The Labute approximate surface area is 134 Å². The molecule has 1 N–H and O–H groups in total. The highest BCUT2D eigenvalue weighted by Gasteiger charge is 2.40. The molecule has 120 valence electrons. The predicted octanol–water partition coefficient (Wildman–Crippen LogP) is 5.04. The molecule has 0 unspecified atom stereocenters. The maximum Gasteiger partial charge on any atom is 0.292 e. The van der Waals surface area contributed by atoms with E-state index < -0.39 is 8.32 Å². The summed E-state index contributed by atoms with van der Waals surface area (Å²) in [6.45, 7) is 10.7. The van der Waals surface area contributed by atoms with Crippen molar-refractivity contribution in [2.45, 2.75) is 58.2 Å². The van der Waals surface area contributed by atoms with Gasteiger partial charge in [0.15, 0.2) is 0 Å². The molecule has 0 bridgehead atoms. The van der Waals surface area contributed by atoms with Gasteiger partial charge in [0.2, 0.25) is 0 Å². The largest absolute Gasteiger partial charge is 0.519 e. The molecule has 0 spiro atoms. The molecular weight excluding hydrogens is 290 g/mol. The van der Waals surface area contributed by atoms with E-state index in [-0.39, 0.29) is 11.0 Å². The molecule has 3 nitrogen and oxygen atoms in total. The van der Waals surface area contributed by atoms with Crippen LogP contribution in [-0.4, -0.2) is 19.3 Å². The van der Waals surface area contributed by atoms with Gasteiger partial charge in [0.1, 0.15) is 0 Å². The minimum atomic E-state index is -1.98. The van der Waals surface area contributed by atoms with Crippen LogP contribution in [0.25, 0.3) is 10.9 Å². The van der Waals surface area contributed by atoms with Crippen molar-refractivity contribution in [1.29, 1.82) is 0 Å². The summed E-state index contributed by atoms with van der Waals surface area (Å²) >= 11 is 0. The molecular formula is C18H27NO2Si. The van der Waals surface area contributed by atoms with Crippen LogP contribution in [0, 0.1) is 0 Å². The molecule has 1 aromatic heterocycles. The van der Waals surface area contributed by atoms with Crippen LogP contribution in [0.4, 0.5) is 0 Å². The summed E-state index contributed by atoms with van der Waals surface area (Å²) in [4.78, 5) is 15.4. The van der Waals surface area contributed by atoms with Gasteiger partial charge in [-0.15, -0.1) is 0 Å². The Morgan fingerprint density at radius 2 is 1.91 bits per heavy atom. The van der Waals surface area contributed by atoms with E-state index in [0.717, 1.165) is 18.4 Å². The van der Waals surface area contributed by atoms with Crippen LogP contribution >= 0.6 is 0 Å². The van der Waals surface area contributed by atoms with Gasteiger partial charge in [0.05, 0.1) is 0 Å². The van der Waals surface area contributed by atoms with Gasteiger partial charge in [-0.1, -0.05) is 39.0 Å². The number of carbonyl (C=O) groups is 1. The molecule has 0 fully saturated rings. The number of hydrogen-bond donors (Lipinski definition) is 1. The SMILES string of the molecule is CC(C)(C)[Si](C)(C)OC(=O)CCCc1c[nH]c2ccccc12. The lowest BCUT2D eigenvalue weighted by Crippen LogP contribution is -2.42. The van der Waals surface area contributed by atoms with Crippen molar-refractivity contribution in [3.05, 3.63) is 36.0 Å². The number of rotatable bonds is 5. The highest BCUT2D eigenvalue weighted by Crippen LogP contribution is 2.36. The second-order valence-electron chi connectivity index (χ2n) is 7.45. The zero-order valence-electron chi connectivity index (χ0n) is 14.3. The van der Waals surface area contributed by atoms with Gasteiger partial charge < -0.3 is 9.41 Å². The zero-order valence-corrected chi connectivity index (χ0v) is 15.3. The monoisotopic (exact) mass is 317 g/mol. The van der Waals surface area contributed by atoms with Crippen LogP contribution in [0.3, 0.4) is 0 Å². The van der Waals surface area contributed by atoms with Gasteiger partial charge in [-0.2, -0.15) is 0 Å². The minimum absolute atomic E-state index is 0.0496. The fourth-order valence-corrected chi connectivity index (χ4v) is 3.23. The first-order valence-electron chi connectivity index (χ1n) is 7.97. The van der Waals surface area contributed by atoms with E-state index >= 15 is 0 Å². The molecule has 1 heterocycles. The lowest BCUT2D eigenvalue weighted by atomic mass is 10.1. The summed E-state index contributed by atoms with van der Waals surface area (Å²) in [5, 5.41) is 1.32. The van der Waals surface area contributed by atoms with Crippen molar-refractivity contribution < 1.29 is 9.22 Å². The lowest BCUT2D eigenvalue weighted by molar-refractivity contribution is -0.135. The third kappa shape index (κ3) is 3.80. The first-order valence-corrected chi connectivity index (χ1v) is 10.9. The molecule has 4 heteroatoms. The minimum Gasteiger partial charge on any atom is -0.519 e. The van der Waals surface area contributed by atoms with Crippen molar-refractivity contribution in [2.75, 3.05) is 0 Å². The highest BCUT2D eigenvalue weighted by atomic mass is 28.4. The van der Waals surface area contributed by atoms with Crippen LogP contribution in [-0.2, 0) is 15.6 Å². The number of carbonyl (C=O) groups excluding carboxylic acids is 1. The van der Waals surface area contributed by atoms with Gasteiger partial charge in [-0.25, -0.2) is 0 Å². The van der Waals surface area contributed by atoms with Crippen LogP contribution < -0.4 is 0 Å². The first kappa shape index (κ1) is 16.8. The van der Waals surface area contributed by atoms with Gasteiger partial charge in [-0.05, 0) is 42.6 Å². The number of hydrogen-bond acceptors (Lipinski definition) is 2. The summed E-state index contributed by atoms with van der Waals surface area (Å²) in [5.41, 5.74) is 2.43. The summed E-state index contributed by atoms with van der Waals surface area (Å²) in [6, 6.07) is 8.27. The number of para-hydroxylation sites is 1. The van der Waals surface area contributed by atoms with Crippen LogP contribution in [0.2, 0.25) is 18.1 Å². The molecule has 0 saturated heterocycles. The Morgan fingerprint density at radius 3 is 2.59 bits per heavy atom. The lowest BCUT2D eigenvalue weighted by Gasteiger charge is -2.35. The van der Waals surface area contributed by atoms with E-state index in [0.29, 0.717) is 6.42 Å². The number of aromatic amines is 1. The van der Waals surface area contributed by atoms with Gasteiger partial charge in [0, 0.05) is 23.5 Å². The molecule has 0 saturated carbocycles. The van der Waals surface area contributed by atoms with E-state index in [1.165, 1.54) is 10.9 Å². The van der Waals surface area contributed by atoms with E-state index in [1.807, 2.05) is 18.3 Å². The second-order valence-corrected chi connectivity index (χ2v) is 12.2. The predicted molar refractivity (Wildman–Crippen MR) is 94.5 cm³/mol. The highest BCUT2D eigenvalue weighted by molar-refractivity contribution is 6.75. The van der Waals surface area contributed by atoms with Crippen LogP contribution in [0.15, 0.2) is 30.5 Å². The Morgan fingerprint density at radius 1 is 1.23 bits per heavy atom. The molecule has 2 aromatic rings. The normalized spacial score (nSPS) is 12.6. The quantitative estimate of drug-likeness (QED) is 0.785. The first-order chi connectivity index (χ1) is 10.2. The Balaban J connectivity index is 1.87. The fraction of sp³-hybridized carbons (Fsp3) is 0.500. The maximum atomic E-state index is 12.1. The smallest absolute Gasteiger partial charge is 0.292 e. The average molecular weight is 318 g/mol. The summed E-state index contributed by atoms with van der Waals surface area (Å²) < 4.78 is 5.80. The Hall–Kier alpha value is -1.55. The van der Waals surface area contributed by atoms with Crippen molar-refractivity contribution in [2.24, 2.45) is 0 Å². The fourth-order valence-electron chi connectivity index (χ4n) is 2.25. The third-order valence-electron chi connectivity index (χ3n) is 4.68. The molecule has 0 amide bonds. The Bertz CT molecular complexity index is 652. The average Bonchev–Trinajstić information content (AvgIpc) is 2.80. The maximum absolute atomic E-state index is 12.1. The van der Waals surface area contributed by atoms with Crippen molar-refractivity contribution in [1.82, 2.24) is 4.98 Å². The molecule has 1 aromatic carbocycles. The second kappa shape index (κ2) is 6.29. The van der Waals surface area contributed by atoms with Crippen molar-refractivity contribution in [3.63, 3.8) is 0 Å².